The summed E-state index contributed by atoms with van der Waals surface area (Å²) in [6.45, 7) is 2.27. The Balaban J connectivity index is 2.29. The van der Waals surface area contributed by atoms with Crippen molar-refractivity contribution in [3.63, 3.8) is 0 Å². The molecule has 1 saturated carbocycles. The minimum absolute atomic E-state index is 0.268. The molecule has 1 aliphatic carbocycles. The highest BCUT2D eigenvalue weighted by atomic mass is 127. The average molecular weight is 297 g/mol. The number of nitrogens with one attached hydrogen (secondary N) is 1. The maximum absolute atomic E-state index is 11.1. The fourth-order valence-corrected chi connectivity index (χ4v) is 2.55. The maximum atomic E-state index is 11.1. The minimum atomic E-state index is -0.268. The Morgan fingerprint density at radius 2 is 2.23 bits per heavy atom. The van der Waals surface area contributed by atoms with Crippen molar-refractivity contribution in [3.05, 3.63) is 0 Å². The zero-order valence-corrected chi connectivity index (χ0v) is 10.0. The predicted octanol–water partition coefficient (Wildman–Crippen LogP) is 2.48. The summed E-state index contributed by atoms with van der Waals surface area (Å²) >= 11 is 2.41. The van der Waals surface area contributed by atoms with E-state index in [1.807, 2.05) is 6.92 Å². The number of alkyl carbamates (subject to hydrolysis) is 1. The van der Waals surface area contributed by atoms with E-state index in [9.17, 15) is 4.79 Å². The molecule has 76 valence electrons. The van der Waals surface area contributed by atoms with E-state index in [0.29, 0.717) is 16.6 Å². The summed E-state index contributed by atoms with van der Waals surface area (Å²) in [7, 11) is 0. The number of hydrogen-bond donors (Lipinski definition) is 1. The van der Waals surface area contributed by atoms with Crippen LogP contribution in [0.2, 0.25) is 0 Å². The van der Waals surface area contributed by atoms with Crippen LogP contribution in [-0.4, -0.2) is 22.7 Å². The van der Waals surface area contributed by atoms with Crippen molar-refractivity contribution in [1.82, 2.24) is 5.32 Å². The van der Waals surface area contributed by atoms with Crippen LogP contribution < -0.4 is 5.32 Å². The summed E-state index contributed by atoms with van der Waals surface area (Å²) < 4.78 is 5.41. The molecule has 4 heteroatoms. The Hall–Kier alpha value is 0. The quantitative estimate of drug-likeness (QED) is 0.628. The summed E-state index contributed by atoms with van der Waals surface area (Å²) in [6, 6.07) is 0.313. The van der Waals surface area contributed by atoms with Gasteiger partial charge in [-0.2, -0.15) is 0 Å². The highest BCUT2D eigenvalue weighted by molar-refractivity contribution is 14.1. The van der Waals surface area contributed by atoms with Crippen molar-refractivity contribution < 1.29 is 9.53 Å². The summed E-state index contributed by atoms with van der Waals surface area (Å²) in [4.78, 5) is 11.1. The number of rotatable bonds is 2. The van der Waals surface area contributed by atoms with Gasteiger partial charge in [0.05, 0.1) is 6.61 Å². The van der Waals surface area contributed by atoms with E-state index in [1.165, 1.54) is 19.3 Å². The van der Waals surface area contributed by atoms with Gasteiger partial charge in [-0.1, -0.05) is 35.4 Å². The van der Waals surface area contributed by atoms with E-state index in [4.69, 9.17) is 4.74 Å². The molecule has 13 heavy (non-hydrogen) atoms. The fraction of sp³-hybridized carbons (Fsp3) is 0.889. The molecule has 0 saturated heterocycles. The van der Waals surface area contributed by atoms with Crippen LogP contribution in [0.5, 0.6) is 0 Å². The van der Waals surface area contributed by atoms with Gasteiger partial charge in [-0.05, 0) is 19.8 Å². The molecular formula is C9H16INO2. The first-order chi connectivity index (χ1) is 6.24. The van der Waals surface area contributed by atoms with Crippen molar-refractivity contribution in [1.29, 1.82) is 0 Å². The zero-order valence-electron chi connectivity index (χ0n) is 7.88. The third kappa shape index (κ3) is 3.70. The molecule has 1 rings (SSSR count). The van der Waals surface area contributed by atoms with Gasteiger partial charge in [0.2, 0.25) is 0 Å². The SMILES string of the molecule is CCOC(=O)NC1CCCCC1I. The highest BCUT2D eigenvalue weighted by Gasteiger charge is 2.24. The molecule has 0 spiro atoms. The van der Waals surface area contributed by atoms with E-state index in [2.05, 4.69) is 27.9 Å². The summed E-state index contributed by atoms with van der Waals surface area (Å²) in [5, 5.41) is 2.90. The van der Waals surface area contributed by atoms with Crippen molar-refractivity contribution in [2.24, 2.45) is 0 Å². The molecule has 0 aliphatic heterocycles. The summed E-state index contributed by atoms with van der Waals surface area (Å²) in [6.07, 6.45) is 4.53. The van der Waals surface area contributed by atoms with Gasteiger partial charge in [0.1, 0.15) is 0 Å². The molecule has 0 heterocycles. The number of halogens is 1. The van der Waals surface area contributed by atoms with E-state index in [1.54, 1.807) is 0 Å². The van der Waals surface area contributed by atoms with Crippen LogP contribution in [0.15, 0.2) is 0 Å². The predicted molar refractivity (Wildman–Crippen MR) is 60.2 cm³/mol. The third-order valence-electron chi connectivity index (χ3n) is 2.26. The lowest BCUT2D eigenvalue weighted by Crippen LogP contribution is -2.42. The van der Waals surface area contributed by atoms with Crippen molar-refractivity contribution in [2.45, 2.75) is 42.6 Å². The molecular weight excluding hydrogens is 281 g/mol. The topological polar surface area (TPSA) is 38.3 Å². The second-order valence-electron chi connectivity index (χ2n) is 3.27. The van der Waals surface area contributed by atoms with Gasteiger partial charge in [-0.15, -0.1) is 0 Å². The summed E-state index contributed by atoms with van der Waals surface area (Å²) in [5.41, 5.74) is 0. The van der Waals surface area contributed by atoms with Crippen LogP contribution in [-0.2, 0) is 4.74 Å². The van der Waals surface area contributed by atoms with Gasteiger partial charge >= 0.3 is 6.09 Å². The Morgan fingerprint density at radius 1 is 1.54 bits per heavy atom. The second kappa shape index (κ2) is 5.67. The molecule has 1 fully saturated rings. The monoisotopic (exact) mass is 297 g/mol. The highest BCUT2D eigenvalue weighted by Crippen LogP contribution is 2.24. The van der Waals surface area contributed by atoms with Crippen LogP contribution in [0.1, 0.15) is 32.6 Å². The molecule has 0 bridgehead atoms. The van der Waals surface area contributed by atoms with Crippen LogP contribution in [0.4, 0.5) is 4.79 Å². The van der Waals surface area contributed by atoms with Gasteiger partial charge in [-0.3, -0.25) is 0 Å². The van der Waals surface area contributed by atoms with Crippen molar-refractivity contribution >= 4 is 28.7 Å². The second-order valence-corrected chi connectivity index (χ2v) is 4.87. The molecule has 2 atom stereocenters. The Kier molecular flexibility index (Phi) is 4.83. The van der Waals surface area contributed by atoms with Gasteiger partial charge in [0, 0.05) is 9.97 Å². The molecule has 1 N–H and O–H groups in total. The van der Waals surface area contributed by atoms with Crippen LogP contribution >= 0.6 is 22.6 Å². The Labute approximate surface area is 92.7 Å². The number of ether oxygens (including phenoxy) is 1. The largest absolute Gasteiger partial charge is 0.450 e. The normalized spacial score (nSPS) is 28.2. The number of carbonyl (C=O) groups excluding carboxylic acids is 1. The first kappa shape index (κ1) is 11.1. The van der Waals surface area contributed by atoms with Gasteiger partial charge in [-0.25, -0.2) is 4.79 Å². The average Bonchev–Trinajstić information content (AvgIpc) is 2.09. The molecule has 1 amide bonds. The first-order valence-corrected chi connectivity index (χ1v) is 6.06. The third-order valence-corrected chi connectivity index (χ3v) is 3.75. The van der Waals surface area contributed by atoms with Crippen molar-refractivity contribution in [3.8, 4) is 0 Å². The Bertz CT molecular complexity index is 175. The summed E-state index contributed by atoms with van der Waals surface area (Å²) in [5.74, 6) is 0. The van der Waals surface area contributed by atoms with E-state index in [-0.39, 0.29) is 6.09 Å². The van der Waals surface area contributed by atoms with Crippen LogP contribution in [0.25, 0.3) is 0 Å². The molecule has 3 nitrogen and oxygen atoms in total. The number of amides is 1. The molecule has 1 aliphatic rings. The van der Waals surface area contributed by atoms with Crippen LogP contribution in [0, 0.1) is 0 Å². The zero-order chi connectivity index (χ0) is 9.68. The van der Waals surface area contributed by atoms with Crippen LogP contribution in [0.3, 0.4) is 0 Å². The lowest BCUT2D eigenvalue weighted by atomic mass is 9.96. The first-order valence-electron chi connectivity index (χ1n) is 4.81. The Morgan fingerprint density at radius 3 is 2.85 bits per heavy atom. The number of alkyl halides is 1. The molecule has 0 aromatic rings. The maximum Gasteiger partial charge on any atom is 0.407 e. The number of carbonyl (C=O) groups is 1. The van der Waals surface area contributed by atoms with Gasteiger partial charge in [0.15, 0.2) is 0 Å². The smallest absolute Gasteiger partial charge is 0.407 e. The fourth-order valence-electron chi connectivity index (χ4n) is 1.57. The number of hydrogen-bond acceptors (Lipinski definition) is 2. The molecule has 0 aromatic heterocycles. The van der Waals surface area contributed by atoms with E-state index >= 15 is 0 Å². The molecule has 0 aromatic carbocycles. The standard InChI is InChI=1S/C9H16INO2/c1-2-13-9(12)11-8-6-4-3-5-7(8)10/h7-8H,2-6H2,1H3,(H,11,12). The van der Waals surface area contributed by atoms with E-state index < -0.39 is 0 Å². The lowest BCUT2D eigenvalue weighted by molar-refractivity contribution is 0.146. The van der Waals surface area contributed by atoms with Gasteiger partial charge < -0.3 is 10.1 Å². The van der Waals surface area contributed by atoms with Gasteiger partial charge in [0.25, 0.3) is 0 Å². The molecule has 2 unspecified atom stereocenters. The lowest BCUT2D eigenvalue weighted by Gasteiger charge is -2.27. The van der Waals surface area contributed by atoms with Crippen molar-refractivity contribution in [2.75, 3.05) is 6.61 Å². The van der Waals surface area contributed by atoms with E-state index in [0.717, 1.165) is 6.42 Å². The molecule has 0 radical (unpaired) electrons. The minimum Gasteiger partial charge on any atom is -0.450 e.